The van der Waals surface area contributed by atoms with Crippen molar-refractivity contribution < 1.29 is 0 Å². The summed E-state index contributed by atoms with van der Waals surface area (Å²) in [5.74, 6) is 0.938. The maximum atomic E-state index is 3.66. The summed E-state index contributed by atoms with van der Waals surface area (Å²) >= 11 is 3.66. The van der Waals surface area contributed by atoms with E-state index in [9.17, 15) is 0 Å². The van der Waals surface area contributed by atoms with Crippen molar-refractivity contribution in [2.24, 2.45) is 5.92 Å². The fraction of sp³-hybridized carbons (Fsp3) is 0.667. The van der Waals surface area contributed by atoms with Crippen molar-refractivity contribution in [2.75, 3.05) is 11.4 Å². The molecule has 0 heterocycles. The van der Waals surface area contributed by atoms with Crippen LogP contribution in [0.15, 0.2) is 22.7 Å². The van der Waals surface area contributed by atoms with Crippen molar-refractivity contribution in [3.05, 3.63) is 28.2 Å². The van der Waals surface area contributed by atoms with E-state index >= 15 is 0 Å². The lowest BCUT2D eigenvalue weighted by Gasteiger charge is -2.29. The highest BCUT2D eigenvalue weighted by molar-refractivity contribution is 9.10. The SMILES string of the molecule is CC(C)(C)NCc1ccc(Br)cc1N(CC1CC1)C1CC1. The van der Waals surface area contributed by atoms with Crippen LogP contribution in [0.3, 0.4) is 0 Å². The highest BCUT2D eigenvalue weighted by Gasteiger charge is 2.34. The first kappa shape index (κ1) is 15.4. The van der Waals surface area contributed by atoms with Crippen molar-refractivity contribution in [2.45, 2.75) is 64.6 Å². The number of benzene rings is 1. The minimum absolute atomic E-state index is 0.158. The number of nitrogens with one attached hydrogen (secondary N) is 1. The van der Waals surface area contributed by atoms with Gasteiger partial charge in [-0.2, -0.15) is 0 Å². The summed E-state index contributed by atoms with van der Waals surface area (Å²) in [6.07, 6.45) is 5.58. The summed E-state index contributed by atoms with van der Waals surface area (Å²) < 4.78 is 1.19. The molecule has 2 saturated carbocycles. The number of rotatable bonds is 6. The molecular formula is C18H27BrN2. The molecule has 0 atom stereocenters. The van der Waals surface area contributed by atoms with Crippen molar-refractivity contribution >= 4 is 21.6 Å². The molecule has 0 unspecified atom stereocenters. The second-order valence-corrected chi connectivity index (χ2v) is 8.62. The zero-order chi connectivity index (χ0) is 15.0. The van der Waals surface area contributed by atoms with Gasteiger partial charge in [-0.15, -0.1) is 0 Å². The number of halogens is 1. The standard InChI is InChI=1S/C18H27BrN2/c1-18(2,3)20-11-14-6-7-15(19)10-17(14)21(16-8-9-16)12-13-4-5-13/h6-7,10,13,16,20H,4-5,8-9,11-12H2,1-3H3. The van der Waals surface area contributed by atoms with Gasteiger partial charge in [-0.3, -0.25) is 0 Å². The molecule has 2 nitrogen and oxygen atoms in total. The van der Waals surface area contributed by atoms with Crippen LogP contribution < -0.4 is 10.2 Å². The lowest BCUT2D eigenvalue weighted by molar-refractivity contribution is 0.424. The second-order valence-electron chi connectivity index (χ2n) is 7.70. The molecule has 0 bridgehead atoms. The fourth-order valence-corrected chi connectivity index (χ4v) is 3.07. The van der Waals surface area contributed by atoms with E-state index in [0.717, 1.165) is 18.5 Å². The zero-order valence-corrected chi connectivity index (χ0v) is 15.0. The molecule has 0 saturated heterocycles. The van der Waals surface area contributed by atoms with E-state index in [-0.39, 0.29) is 5.54 Å². The minimum atomic E-state index is 0.158. The van der Waals surface area contributed by atoms with Gasteiger partial charge in [-0.25, -0.2) is 0 Å². The van der Waals surface area contributed by atoms with Crippen molar-refractivity contribution in [1.82, 2.24) is 5.32 Å². The van der Waals surface area contributed by atoms with E-state index in [2.05, 4.69) is 65.1 Å². The van der Waals surface area contributed by atoms with Crippen LogP contribution in [-0.2, 0) is 6.54 Å². The topological polar surface area (TPSA) is 15.3 Å². The van der Waals surface area contributed by atoms with Gasteiger partial charge >= 0.3 is 0 Å². The highest BCUT2D eigenvalue weighted by Crippen LogP contribution is 2.39. The lowest BCUT2D eigenvalue weighted by atomic mass is 10.1. The summed E-state index contributed by atoms with van der Waals surface area (Å²) in [6.45, 7) is 8.89. The van der Waals surface area contributed by atoms with Gasteiger partial charge in [0.05, 0.1) is 0 Å². The van der Waals surface area contributed by atoms with Crippen LogP contribution >= 0.6 is 15.9 Å². The van der Waals surface area contributed by atoms with Crippen molar-refractivity contribution in [3.63, 3.8) is 0 Å². The number of hydrogen-bond acceptors (Lipinski definition) is 2. The normalized spacial score (nSPS) is 18.9. The third-order valence-corrected chi connectivity index (χ3v) is 4.80. The summed E-state index contributed by atoms with van der Waals surface area (Å²) in [5, 5.41) is 3.64. The van der Waals surface area contributed by atoms with Crippen LogP contribution in [0.25, 0.3) is 0 Å². The molecule has 0 aliphatic heterocycles. The lowest BCUT2D eigenvalue weighted by Crippen LogP contribution is -2.36. The summed E-state index contributed by atoms with van der Waals surface area (Å²) in [7, 11) is 0. The Morgan fingerprint density at radius 3 is 2.48 bits per heavy atom. The predicted octanol–water partition coefficient (Wildman–Crippen LogP) is 4.72. The van der Waals surface area contributed by atoms with E-state index < -0.39 is 0 Å². The van der Waals surface area contributed by atoms with Crippen molar-refractivity contribution in [3.8, 4) is 0 Å². The Balaban J connectivity index is 1.81. The Hall–Kier alpha value is -0.540. The number of hydrogen-bond donors (Lipinski definition) is 1. The molecule has 2 fully saturated rings. The molecule has 3 rings (SSSR count). The molecule has 1 aromatic carbocycles. The Kier molecular flexibility index (Phi) is 4.33. The maximum absolute atomic E-state index is 3.66. The van der Waals surface area contributed by atoms with Crippen LogP contribution in [0, 0.1) is 5.92 Å². The molecule has 0 aromatic heterocycles. The van der Waals surface area contributed by atoms with Crippen LogP contribution in [0.4, 0.5) is 5.69 Å². The van der Waals surface area contributed by atoms with Gasteiger partial charge in [0.15, 0.2) is 0 Å². The summed E-state index contributed by atoms with van der Waals surface area (Å²) in [6, 6.07) is 7.56. The summed E-state index contributed by atoms with van der Waals surface area (Å²) in [5.41, 5.74) is 3.03. The molecule has 0 spiro atoms. The molecule has 116 valence electrons. The van der Waals surface area contributed by atoms with E-state index in [1.54, 1.807) is 0 Å². The first-order valence-electron chi connectivity index (χ1n) is 8.22. The van der Waals surface area contributed by atoms with Gasteiger partial charge in [0.25, 0.3) is 0 Å². The van der Waals surface area contributed by atoms with Gasteiger partial charge in [-0.05, 0) is 70.1 Å². The molecule has 2 aliphatic rings. The van der Waals surface area contributed by atoms with Crippen LogP contribution in [0.2, 0.25) is 0 Å². The molecule has 0 radical (unpaired) electrons. The molecule has 0 amide bonds. The highest BCUT2D eigenvalue weighted by atomic mass is 79.9. The Morgan fingerprint density at radius 1 is 1.19 bits per heavy atom. The third kappa shape index (κ3) is 4.46. The predicted molar refractivity (Wildman–Crippen MR) is 93.8 cm³/mol. The smallest absolute Gasteiger partial charge is 0.0425 e. The Labute approximate surface area is 137 Å². The quantitative estimate of drug-likeness (QED) is 0.798. The van der Waals surface area contributed by atoms with Crippen molar-refractivity contribution in [1.29, 1.82) is 0 Å². The third-order valence-electron chi connectivity index (χ3n) is 4.31. The van der Waals surface area contributed by atoms with Crippen LogP contribution in [0.5, 0.6) is 0 Å². The molecular weight excluding hydrogens is 324 g/mol. The van der Waals surface area contributed by atoms with E-state index in [4.69, 9.17) is 0 Å². The molecule has 1 aromatic rings. The monoisotopic (exact) mass is 350 g/mol. The molecule has 21 heavy (non-hydrogen) atoms. The maximum Gasteiger partial charge on any atom is 0.0425 e. The molecule has 2 aliphatic carbocycles. The van der Waals surface area contributed by atoms with E-state index in [0.29, 0.717) is 0 Å². The molecule has 1 N–H and O–H groups in total. The van der Waals surface area contributed by atoms with Gasteiger partial charge in [0.2, 0.25) is 0 Å². The van der Waals surface area contributed by atoms with Gasteiger partial charge < -0.3 is 10.2 Å². The van der Waals surface area contributed by atoms with Gasteiger partial charge in [-0.1, -0.05) is 22.0 Å². The molecule has 3 heteroatoms. The van der Waals surface area contributed by atoms with Crippen LogP contribution in [0.1, 0.15) is 52.0 Å². The van der Waals surface area contributed by atoms with E-state index in [1.807, 2.05) is 0 Å². The Morgan fingerprint density at radius 2 is 1.90 bits per heavy atom. The average molecular weight is 351 g/mol. The Bertz CT molecular complexity index is 498. The van der Waals surface area contributed by atoms with E-state index in [1.165, 1.54) is 48.0 Å². The van der Waals surface area contributed by atoms with Crippen LogP contribution in [-0.4, -0.2) is 18.1 Å². The summed E-state index contributed by atoms with van der Waals surface area (Å²) in [4.78, 5) is 2.68. The zero-order valence-electron chi connectivity index (χ0n) is 13.5. The minimum Gasteiger partial charge on any atom is -0.368 e. The van der Waals surface area contributed by atoms with Gasteiger partial charge in [0, 0.05) is 34.8 Å². The first-order valence-corrected chi connectivity index (χ1v) is 9.02. The second kappa shape index (κ2) is 5.92. The number of nitrogens with zero attached hydrogens (tertiary/aromatic N) is 1. The van der Waals surface area contributed by atoms with Gasteiger partial charge in [0.1, 0.15) is 0 Å². The fourth-order valence-electron chi connectivity index (χ4n) is 2.72. The average Bonchev–Trinajstić information content (AvgIpc) is 3.25. The largest absolute Gasteiger partial charge is 0.368 e. The first-order chi connectivity index (χ1) is 9.92. The number of anilines is 1.